The summed E-state index contributed by atoms with van der Waals surface area (Å²) in [5.41, 5.74) is 1.25. The van der Waals surface area contributed by atoms with Crippen LogP contribution in [0.25, 0.3) is 0 Å². The maximum Gasteiger partial charge on any atom is 0.134 e. The maximum absolute atomic E-state index is 11.9. The monoisotopic (exact) mass is 291 g/mol. The van der Waals surface area contributed by atoms with E-state index in [1.54, 1.807) is 0 Å². The van der Waals surface area contributed by atoms with E-state index in [9.17, 15) is 4.79 Å². The van der Waals surface area contributed by atoms with Crippen LogP contribution in [-0.2, 0) is 11.2 Å². The molecule has 118 valence electrons. The number of nitrogens with zero attached hydrogens (tertiary/aromatic N) is 1. The average molecular weight is 291 g/mol. The Morgan fingerprint density at radius 1 is 1.14 bits per heavy atom. The van der Waals surface area contributed by atoms with E-state index in [-0.39, 0.29) is 0 Å². The van der Waals surface area contributed by atoms with Gasteiger partial charge in [0.05, 0.1) is 6.61 Å². The molecule has 0 unspecified atom stereocenters. The molecular formula is C18H29NO2. The molecule has 1 rings (SSSR count). The molecule has 0 bridgehead atoms. The van der Waals surface area contributed by atoms with Crippen LogP contribution >= 0.6 is 0 Å². The van der Waals surface area contributed by atoms with Crippen molar-refractivity contribution in [2.45, 2.75) is 46.5 Å². The van der Waals surface area contributed by atoms with Gasteiger partial charge in [-0.25, -0.2) is 0 Å². The van der Waals surface area contributed by atoms with E-state index in [1.807, 2.05) is 19.1 Å². The van der Waals surface area contributed by atoms with E-state index in [2.05, 4.69) is 30.9 Å². The Labute approximate surface area is 129 Å². The number of carbonyl (C=O) groups excluding carboxylic acids is 1. The minimum atomic E-state index is 0.378. The number of aryl methyl sites for hydroxylation is 1. The summed E-state index contributed by atoms with van der Waals surface area (Å²) in [5, 5.41) is 0. The highest BCUT2D eigenvalue weighted by molar-refractivity contribution is 5.78. The van der Waals surface area contributed by atoms with Crippen LogP contribution in [0.5, 0.6) is 5.75 Å². The van der Waals surface area contributed by atoms with Crippen LogP contribution in [0.15, 0.2) is 24.3 Å². The minimum absolute atomic E-state index is 0.378. The van der Waals surface area contributed by atoms with Crippen LogP contribution < -0.4 is 4.74 Å². The molecule has 0 atom stereocenters. The first-order valence-electron chi connectivity index (χ1n) is 8.15. The van der Waals surface area contributed by atoms with Crippen LogP contribution in [0.2, 0.25) is 0 Å². The van der Waals surface area contributed by atoms with E-state index in [0.717, 1.165) is 38.2 Å². The molecule has 0 N–H and O–H groups in total. The number of Topliss-reactive ketones (excluding diaryl/α,β-unsaturated/α-hetero) is 1. The van der Waals surface area contributed by atoms with Gasteiger partial charge in [-0.05, 0) is 50.6 Å². The van der Waals surface area contributed by atoms with Crippen molar-refractivity contribution in [2.75, 3.05) is 26.2 Å². The van der Waals surface area contributed by atoms with Gasteiger partial charge in [-0.1, -0.05) is 26.0 Å². The zero-order valence-electron chi connectivity index (χ0n) is 13.7. The van der Waals surface area contributed by atoms with Crippen LogP contribution in [0.3, 0.4) is 0 Å². The molecular weight excluding hydrogens is 262 g/mol. The Morgan fingerprint density at radius 2 is 1.90 bits per heavy atom. The van der Waals surface area contributed by atoms with Gasteiger partial charge in [-0.3, -0.25) is 4.79 Å². The number of carbonyl (C=O) groups is 1. The van der Waals surface area contributed by atoms with Crippen molar-refractivity contribution in [3.05, 3.63) is 29.8 Å². The predicted molar refractivity (Wildman–Crippen MR) is 88.0 cm³/mol. The van der Waals surface area contributed by atoms with Crippen molar-refractivity contribution in [3.63, 3.8) is 0 Å². The molecule has 3 heteroatoms. The zero-order chi connectivity index (χ0) is 15.5. The molecule has 0 saturated carbocycles. The molecule has 0 aliphatic carbocycles. The van der Waals surface area contributed by atoms with Crippen molar-refractivity contribution in [2.24, 2.45) is 0 Å². The molecule has 1 aromatic carbocycles. The fourth-order valence-electron chi connectivity index (χ4n) is 2.39. The molecule has 3 nitrogen and oxygen atoms in total. The second kappa shape index (κ2) is 10.4. The number of benzene rings is 1. The average Bonchev–Trinajstić information content (AvgIpc) is 2.49. The number of ether oxygens (including phenoxy) is 1. The molecule has 0 aliphatic heterocycles. The summed E-state index contributed by atoms with van der Waals surface area (Å²) in [4.78, 5) is 14.2. The van der Waals surface area contributed by atoms with E-state index in [4.69, 9.17) is 4.74 Å². The van der Waals surface area contributed by atoms with Crippen molar-refractivity contribution < 1.29 is 9.53 Å². The van der Waals surface area contributed by atoms with E-state index >= 15 is 0 Å². The number of hydrogen-bond donors (Lipinski definition) is 0. The van der Waals surface area contributed by atoms with Crippen molar-refractivity contribution in [3.8, 4) is 5.75 Å². The molecule has 1 aromatic rings. The van der Waals surface area contributed by atoms with Crippen molar-refractivity contribution >= 4 is 5.78 Å². The van der Waals surface area contributed by atoms with Crippen LogP contribution in [0.4, 0.5) is 0 Å². The van der Waals surface area contributed by atoms with E-state index < -0.39 is 0 Å². The summed E-state index contributed by atoms with van der Waals surface area (Å²) < 4.78 is 5.49. The van der Waals surface area contributed by atoms with Gasteiger partial charge in [-0.2, -0.15) is 0 Å². The van der Waals surface area contributed by atoms with Gasteiger partial charge in [0.2, 0.25) is 0 Å². The van der Waals surface area contributed by atoms with Gasteiger partial charge in [0.1, 0.15) is 11.5 Å². The molecule has 0 aliphatic rings. The van der Waals surface area contributed by atoms with Crippen LogP contribution in [0.1, 0.15) is 45.6 Å². The highest BCUT2D eigenvalue weighted by atomic mass is 16.5. The Balaban J connectivity index is 2.26. The lowest BCUT2D eigenvalue weighted by Gasteiger charge is -2.16. The van der Waals surface area contributed by atoms with Gasteiger partial charge in [-0.15, -0.1) is 0 Å². The van der Waals surface area contributed by atoms with Gasteiger partial charge < -0.3 is 9.64 Å². The summed E-state index contributed by atoms with van der Waals surface area (Å²) in [7, 11) is 0. The predicted octanol–water partition coefficient (Wildman–Crippen LogP) is 3.71. The van der Waals surface area contributed by atoms with Gasteiger partial charge in [0.25, 0.3) is 0 Å². The molecule has 0 spiro atoms. The quantitative estimate of drug-likeness (QED) is 0.622. The number of rotatable bonds is 11. The largest absolute Gasteiger partial charge is 0.494 e. The summed E-state index contributed by atoms with van der Waals surface area (Å²) in [6, 6.07) is 8.16. The van der Waals surface area contributed by atoms with Crippen molar-refractivity contribution in [1.82, 2.24) is 4.90 Å². The Hall–Kier alpha value is -1.35. The van der Waals surface area contributed by atoms with Crippen molar-refractivity contribution in [1.29, 1.82) is 0 Å². The van der Waals surface area contributed by atoms with Crippen LogP contribution in [0, 0.1) is 0 Å². The Kier molecular flexibility index (Phi) is 8.76. The topological polar surface area (TPSA) is 29.5 Å². The van der Waals surface area contributed by atoms with Crippen LogP contribution in [-0.4, -0.2) is 36.9 Å². The molecule has 0 heterocycles. The molecule has 0 radical (unpaired) electrons. The normalized spacial score (nSPS) is 10.9. The number of hydrogen-bond acceptors (Lipinski definition) is 3. The highest BCUT2D eigenvalue weighted by Gasteiger charge is 2.06. The summed E-state index contributed by atoms with van der Waals surface area (Å²) in [6.45, 7) is 9.89. The lowest BCUT2D eigenvalue weighted by molar-refractivity contribution is -0.119. The Morgan fingerprint density at radius 3 is 2.57 bits per heavy atom. The zero-order valence-corrected chi connectivity index (χ0v) is 13.7. The third-order valence-corrected chi connectivity index (χ3v) is 3.73. The lowest BCUT2D eigenvalue weighted by Crippen LogP contribution is -2.25. The summed E-state index contributed by atoms with van der Waals surface area (Å²) in [6.07, 6.45) is 3.23. The molecule has 0 aromatic heterocycles. The van der Waals surface area contributed by atoms with E-state index in [1.165, 1.54) is 5.56 Å². The molecule has 0 fully saturated rings. The third-order valence-electron chi connectivity index (χ3n) is 3.73. The summed E-state index contributed by atoms with van der Waals surface area (Å²) >= 11 is 0. The maximum atomic E-state index is 11.9. The smallest absolute Gasteiger partial charge is 0.134 e. The second-order valence-electron chi connectivity index (χ2n) is 5.25. The molecule has 21 heavy (non-hydrogen) atoms. The SMILES string of the molecule is CCOc1cccc(CCCC(=O)CCN(CC)CC)c1. The second-order valence-corrected chi connectivity index (χ2v) is 5.25. The number of ketones is 1. The first-order chi connectivity index (χ1) is 10.2. The highest BCUT2D eigenvalue weighted by Crippen LogP contribution is 2.15. The molecule has 0 saturated heterocycles. The first kappa shape index (κ1) is 17.7. The fourth-order valence-corrected chi connectivity index (χ4v) is 2.39. The lowest BCUT2D eigenvalue weighted by atomic mass is 10.0. The molecule has 0 amide bonds. The minimum Gasteiger partial charge on any atom is -0.494 e. The fraction of sp³-hybridized carbons (Fsp3) is 0.611. The first-order valence-corrected chi connectivity index (χ1v) is 8.15. The Bertz CT molecular complexity index is 413. The van der Waals surface area contributed by atoms with E-state index in [0.29, 0.717) is 25.2 Å². The van der Waals surface area contributed by atoms with Gasteiger partial charge in [0.15, 0.2) is 0 Å². The third kappa shape index (κ3) is 7.28. The van der Waals surface area contributed by atoms with Gasteiger partial charge >= 0.3 is 0 Å². The summed E-state index contributed by atoms with van der Waals surface area (Å²) in [5.74, 6) is 1.30. The van der Waals surface area contributed by atoms with Gasteiger partial charge in [0, 0.05) is 19.4 Å². The standard InChI is InChI=1S/C18H29NO2/c1-4-19(5-2)14-13-17(20)11-7-9-16-10-8-12-18(15-16)21-6-3/h8,10,12,15H,4-7,9,11,13-14H2,1-3H3.